The SMILES string of the molecule is CCOc1ccc(NC(=O)C(C)Oc2cccc3ccccc23)cc1. The van der Waals surface area contributed by atoms with Gasteiger partial charge in [0.2, 0.25) is 0 Å². The Balaban J connectivity index is 1.68. The number of carbonyl (C=O) groups excluding carboxylic acids is 1. The predicted octanol–water partition coefficient (Wildman–Crippen LogP) is 4.64. The van der Waals surface area contributed by atoms with Crippen molar-refractivity contribution in [3.63, 3.8) is 0 Å². The molecule has 3 aromatic carbocycles. The molecule has 0 fully saturated rings. The quantitative estimate of drug-likeness (QED) is 0.713. The Kier molecular flexibility index (Phi) is 5.19. The molecule has 0 saturated carbocycles. The largest absolute Gasteiger partial charge is 0.494 e. The predicted molar refractivity (Wildman–Crippen MR) is 100 cm³/mol. The maximum Gasteiger partial charge on any atom is 0.265 e. The lowest BCUT2D eigenvalue weighted by atomic mass is 10.1. The fourth-order valence-corrected chi connectivity index (χ4v) is 2.59. The highest BCUT2D eigenvalue weighted by molar-refractivity contribution is 5.95. The van der Waals surface area contributed by atoms with E-state index in [9.17, 15) is 4.79 Å². The van der Waals surface area contributed by atoms with Crippen molar-refractivity contribution < 1.29 is 14.3 Å². The van der Waals surface area contributed by atoms with Gasteiger partial charge in [0.05, 0.1) is 6.61 Å². The summed E-state index contributed by atoms with van der Waals surface area (Å²) in [6.45, 7) is 4.29. The fourth-order valence-electron chi connectivity index (χ4n) is 2.59. The average molecular weight is 335 g/mol. The van der Waals surface area contributed by atoms with E-state index in [2.05, 4.69) is 5.32 Å². The number of ether oxygens (including phenoxy) is 2. The minimum Gasteiger partial charge on any atom is -0.494 e. The summed E-state index contributed by atoms with van der Waals surface area (Å²) in [4.78, 5) is 12.4. The first-order valence-electron chi connectivity index (χ1n) is 8.35. The van der Waals surface area contributed by atoms with Gasteiger partial charge >= 0.3 is 0 Å². The van der Waals surface area contributed by atoms with E-state index in [1.54, 1.807) is 6.92 Å². The number of anilines is 1. The number of hydrogen-bond donors (Lipinski definition) is 1. The van der Waals surface area contributed by atoms with Crippen LogP contribution in [0.3, 0.4) is 0 Å². The second-order valence-electron chi connectivity index (χ2n) is 5.68. The summed E-state index contributed by atoms with van der Waals surface area (Å²) in [6, 6.07) is 21.1. The number of benzene rings is 3. The summed E-state index contributed by atoms with van der Waals surface area (Å²) in [5.74, 6) is 1.28. The Morgan fingerprint density at radius 3 is 2.48 bits per heavy atom. The third kappa shape index (κ3) is 4.10. The van der Waals surface area contributed by atoms with Crippen LogP contribution in [0.25, 0.3) is 10.8 Å². The van der Waals surface area contributed by atoms with Crippen molar-refractivity contribution in [3.05, 3.63) is 66.7 Å². The Morgan fingerprint density at radius 2 is 1.72 bits per heavy atom. The number of amides is 1. The standard InChI is InChI=1S/C21H21NO3/c1-3-24-18-13-11-17(12-14-18)22-21(23)15(2)25-20-10-6-8-16-7-4-5-9-19(16)20/h4-15H,3H2,1-2H3,(H,22,23). The molecule has 0 aliphatic heterocycles. The van der Waals surface area contributed by atoms with E-state index in [0.717, 1.165) is 16.5 Å². The van der Waals surface area contributed by atoms with E-state index in [4.69, 9.17) is 9.47 Å². The van der Waals surface area contributed by atoms with E-state index in [1.165, 1.54) is 0 Å². The summed E-state index contributed by atoms with van der Waals surface area (Å²) in [5, 5.41) is 4.93. The molecule has 0 heterocycles. The number of nitrogens with one attached hydrogen (secondary N) is 1. The Hall–Kier alpha value is -3.01. The Morgan fingerprint density at radius 1 is 1.00 bits per heavy atom. The van der Waals surface area contributed by atoms with Gasteiger partial charge in [-0.3, -0.25) is 4.79 Å². The first-order chi connectivity index (χ1) is 12.2. The molecule has 0 spiro atoms. The molecule has 0 aliphatic carbocycles. The van der Waals surface area contributed by atoms with Crippen molar-refractivity contribution in [2.45, 2.75) is 20.0 Å². The lowest BCUT2D eigenvalue weighted by Gasteiger charge is -2.16. The molecule has 128 valence electrons. The van der Waals surface area contributed by atoms with Crippen LogP contribution >= 0.6 is 0 Å². The lowest BCUT2D eigenvalue weighted by Crippen LogP contribution is -2.30. The summed E-state index contributed by atoms with van der Waals surface area (Å²) in [7, 11) is 0. The minimum absolute atomic E-state index is 0.197. The molecule has 3 rings (SSSR count). The normalized spacial score (nSPS) is 11.8. The molecule has 3 aromatic rings. The van der Waals surface area contributed by atoms with Gasteiger partial charge in [-0.15, -0.1) is 0 Å². The third-order valence-corrected chi connectivity index (χ3v) is 3.86. The van der Waals surface area contributed by atoms with Gasteiger partial charge in [-0.2, -0.15) is 0 Å². The van der Waals surface area contributed by atoms with Crippen LogP contribution in [0.15, 0.2) is 66.7 Å². The monoisotopic (exact) mass is 335 g/mol. The molecule has 1 atom stereocenters. The van der Waals surface area contributed by atoms with Crippen molar-refractivity contribution in [2.75, 3.05) is 11.9 Å². The molecule has 1 amide bonds. The van der Waals surface area contributed by atoms with Crippen LogP contribution in [0.4, 0.5) is 5.69 Å². The zero-order chi connectivity index (χ0) is 17.6. The number of rotatable bonds is 6. The Bertz CT molecular complexity index is 853. The summed E-state index contributed by atoms with van der Waals surface area (Å²) in [5.41, 5.74) is 0.710. The van der Waals surface area contributed by atoms with E-state index in [0.29, 0.717) is 18.0 Å². The number of fused-ring (bicyclic) bond motifs is 1. The highest BCUT2D eigenvalue weighted by atomic mass is 16.5. The Labute approximate surface area is 147 Å². The number of carbonyl (C=O) groups is 1. The molecule has 0 saturated heterocycles. The topological polar surface area (TPSA) is 47.6 Å². The van der Waals surface area contributed by atoms with Gasteiger partial charge in [0.1, 0.15) is 11.5 Å². The van der Waals surface area contributed by atoms with Gasteiger partial charge in [0.25, 0.3) is 5.91 Å². The van der Waals surface area contributed by atoms with Crippen LogP contribution in [0.1, 0.15) is 13.8 Å². The molecule has 0 aromatic heterocycles. The first kappa shape index (κ1) is 16.8. The average Bonchev–Trinajstić information content (AvgIpc) is 2.64. The second-order valence-corrected chi connectivity index (χ2v) is 5.68. The molecule has 4 nitrogen and oxygen atoms in total. The zero-order valence-electron chi connectivity index (χ0n) is 14.4. The summed E-state index contributed by atoms with van der Waals surface area (Å²) >= 11 is 0. The molecular formula is C21H21NO3. The smallest absolute Gasteiger partial charge is 0.265 e. The van der Waals surface area contributed by atoms with Crippen LogP contribution in [0, 0.1) is 0 Å². The molecule has 1 unspecified atom stereocenters. The fraction of sp³-hybridized carbons (Fsp3) is 0.190. The van der Waals surface area contributed by atoms with Crippen LogP contribution in [-0.2, 0) is 4.79 Å². The van der Waals surface area contributed by atoms with Crippen LogP contribution < -0.4 is 14.8 Å². The molecule has 0 bridgehead atoms. The van der Waals surface area contributed by atoms with Crippen molar-refractivity contribution in [2.24, 2.45) is 0 Å². The van der Waals surface area contributed by atoms with Gasteiger partial charge in [0.15, 0.2) is 6.10 Å². The van der Waals surface area contributed by atoms with Crippen molar-refractivity contribution in [3.8, 4) is 11.5 Å². The maximum atomic E-state index is 12.4. The van der Waals surface area contributed by atoms with E-state index in [1.807, 2.05) is 73.7 Å². The minimum atomic E-state index is -0.614. The number of hydrogen-bond acceptors (Lipinski definition) is 3. The van der Waals surface area contributed by atoms with Crippen molar-refractivity contribution in [1.82, 2.24) is 0 Å². The maximum absolute atomic E-state index is 12.4. The van der Waals surface area contributed by atoms with Gasteiger partial charge < -0.3 is 14.8 Å². The van der Waals surface area contributed by atoms with Gasteiger partial charge in [0, 0.05) is 11.1 Å². The second kappa shape index (κ2) is 7.71. The summed E-state index contributed by atoms with van der Waals surface area (Å²) < 4.78 is 11.3. The highest BCUT2D eigenvalue weighted by Crippen LogP contribution is 2.26. The van der Waals surface area contributed by atoms with Gasteiger partial charge in [-0.25, -0.2) is 0 Å². The molecular weight excluding hydrogens is 314 g/mol. The molecule has 0 aliphatic rings. The van der Waals surface area contributed by atoms with E-state index in [-0.39, 0.29) is 5.91 Å². The van der Waals surface area contributed by atoms with E-state index >= 15 is 0 Å². The third-order valence-electron chi connectivity index (χ3n) is 3.86. The molecule has 4 heteroatoms. The molecule has 25 heavy (non-hydrogen) atoms. The van der Waals surface area contributed by atoms with Crippen LogP contribution in [0.2, 0.25) is 0 Å². The molecule has 1 N–H and O–H groups in total. The highest BCUT2D eigenvalue weighted by Gasteiger charge is 2.16. The van der Waals surface area contributed by atoms with Gasteiger partial charge in [-0.05, 0) is 49.6 Å². The van der Waals surface area contributed by atoms with Crippen LogP contribution in [0.5, 0.6) is 11.5 Å². The summed E-state index contributed by atoms with van der Waals surface area (Å²) in [6.07, 6.45) is -0.614. The van der Waals surface area contributed by atoms with E-state index < -0.39 is 6.10 Å². The van der Waals surface area contributed by atoms with Crippen molar-refractivity contribution in [1.29, 1.82) is 0 Å². The molecule has 0 radical (unpaired) electrons. The van der Waals surface area contributed by atoms with Gasteiger partial charge in [-0.1, -0.05) is 36.4 Å². The van der Waals surface area contributed by atoms with Crippen LogP contribution in [-0.4, -0.2) is 18.6 Å². The first-order valence-corrected chi connectivity index (χ1v) is 8.35. The van der Waals surface area contributed by atoms with Crippen molar-refractivity contribution >= 4 is 22.4 Å². The lowest BCUT2D eigenvalue weighted by molar-refractivity contribution is -0.122. The zero-order valence-corrected chi connectivity index (χ0v) is 14.4.